The molecule has 0 aliphatic rings. The van der Waals surface area contributed by atoms with E-state index in [-0.39, 0.29) is 0 Å². The summed E-state index contributed by atoms with van der Waals surface area (Å²) in [6, 6.07) is 18.3. The summed E-state index contributed by atoms with van der Waals surface area (Å²) in [6.07, 6.45) is 1.43. The van der Waals surface area contributed by atoms with E-state index >= 15 is 0 Å². The molecule has 2 heteroatoms. The van der Waals surface area contributed by atoms with Crippen LogP contribution in [0.2, 0.25) is 0 Å². The maximum Gasteiger partial charge on any atom is 0.174 e. The molecule has 2 nitrogen and oxygen atoms in total. The molecular weight excluding hydrogens is 198 g/mol. The normalized spacial score (nSPS) is 10.6. The molecule has 0 bridgehead atoms. The van der Waals surface area contributed by atoms with E-state index in [2.05, 4.69) is 23.2 Å². The highest BCUT2D eigenvalue weighted by Gasteiger charge is 1.96. The molecule has 2 aromatic rings. The van der Waals surface area contributed by atoms with Gasteiger partial charge in [-0.25, -0.2) is 4.99 Å². The zero-order valence-electron chi connectivity index (χ0n) is 9.13. The van der Waals surface area contributed by atoms with Crippen LogP contribution in [0.5, 0.6) is 0 Å². The molecule has 0 amide bonds. The third-order valence-corrected chi connectivity index (χ3v) is 2.26. The minimum absolute atomic E-state index is 0.892. The Morgan fingerprint density at radius 1 is 0.938 bits per heavy atom. The first kappa shape index (κ1) is 10.4. The molecule has 0 fully saturated rings. The van der Waals surface area contributed by atoms with Crippen LogP contribution in [0.1, 0.15) is 0 Å². The largest absolute Gasteiger partial charge is 0.486 e. The molecule has 2 aromatic carbocycles. The molecule has 80 valence electrons. The third kappa shape index (κ3) is 2.48. The number of hydrogen-bond acceptors (Lipinski definition) is 2. The van der Waals surface area contributed by atoms with Gasteiger partial charge in [0.15, 0.2) is 6.40 Å². The molecule has 0 unspecified atom stereocenters. The van der Waals surface area contributed by atoms with Gasteiger partial charge in [-0.1, -0.05) is 42.5 Å². The van der Waals surface area contributed by atoms with Crippen molar-refractivity contribution in [2.45, 2.75) is 0 Å². The minimum Gasteiger partial charge on any atom is -0.486 e. The van der Waals surface area contributed by atoms with E-state index in [0.717, 1.165) is 11.3 Å². The Morgan fingerprint density at radius 2 is 1.69 bits per heavy atom. The highest BCUT2D eigenvalue weighted by molar-refractivity contribution is 5.68. The molecule has 0 atom stereocenters. The number of ether oxygens (including phenoxy) is 1. The molecule has 0 aliphatic heterocycles. The van der Waals surface area contributed by atoms with Crippen molar-refractivity contribution in [3.05, 3.63) is 54.6 Å². The molecule has 0 aliphatic carbocycles. The van der Waals surface area contributed by atoms with Crippen molar-refractivity contribution in [3.63, 3.8) is 0 Å². The summed E-state index contributed by atoms with van der Waals surface area (Å²) in [5, 5.41) is 0. The zero-order chi connectivity index (χ0) is 11.2. The Kier molecular flexibility index (Phi) is 3.34. The third-order valence-electron chi connectivity index (χ3n) is 2.26. The van der Waals surface area contributed by atoms with E-state index in [0.29, 0.717) is 0 Å². The molecule has 0 radical (unpaired) electrons. The Hall–Kier alpha value is -2.09. The molecule has 0 spiro atoms. The first-order valence-electron chi connectivity index (χ1n) is 5.11. The highest BCUT2D eigenvalue weighted by atomic mass is 16.5. The van der Waals surface area contributed by atoms with E-state index < -0.39 is 0 Å². The van der Waals surface area contributed by atoms with Crippen LogP contribution in [-0.2, 0) is 4.74 Å². The molecular formula is C14H13NO. The summed E-state index contributed by atoms with van der Waals surface area (Å²) >= 11 is 0. The summed E-state index contributed by atoms with van der Waals surface area (Å²) < 4.78 is 4.80. The van der Waals surface area contributed by atoms with Gasteiger partial charge in [-0.2, -0.15) is 0 Å². The van der Waals surface area contributed by atoms with Crippen LogP contribution in [0, 0.1) is 0 Å². The van der Waals surface area contributed by atoms with Crippen LogP contribution in [0.3, 0.4) is 0 Å². The number of rotatable bonds is 3. The van der Waals surface area contributed by atoms with Gasteiger partial charge in [0, 0.05) is 0 Å². The van der Waals surface area contributed by atoms with E-state index in [1.807, 2.05) is 36.4 Å². The molecule has 0 aromatic heterocycles. The van der Waals surface area contributed by atoms with E-state index in [1.54, 1.807) is 7.11 Å². The van der Waals surface area contributed by atoms with Crippen molar-refractivity contribution in [1.29, 1.82) is 0 Å². The predicted molar refractivity (Wildman–Crippen MR) is 67.0 cm³/mol. The lowest BCUT2D eigenvalue weighted by Gasteiger charge is -2.01. The monoisotopic (exact) mass is 211 g/mol. The maximum absolute atomic E-state index is 4.80. The standard InChI is InChI=1S/C14H13NO/c1-16-11-15-14-9-5-8-13(10-14)12-6-3-2-4-7-12/h2-11H,1H3. The Bertz CT molecular complexity index is 477. The molecule has 0 N–H and O–H groups in total. The lowest BCUT2D eigenvalue weighted by atomic mass is 10.1. The van der Waals surface area contributed by atoms with Crippen molar-refractivity contribution in [3.8, 4) is 11.1 Å². The number of aliphatic imine (C=N–C) groups is 1. The van der Waals surface area contributed by atoms with Crippen molar-refractivity contribution in [2.75, 3.05) is 7.11 Å². The van der Waals surface area contributed by atoms with Gasteiger partial charge in [0.2, 0.25) is 0 Å². The Labute approximate surface area is 95.2 Å². The Morgan fingerprint density at radius 3 is 2.44 bits per heavy atom. The quantitative estimate of drug-likeness (QED) is 0.560. The van der Waals surface area contributed by atoms with Crippen LogP contribution >= 0.6 is 0 Å². The van der Waals surface area contributed by atoms with Crippen LogP contribution in [0.25, 0.3) is 11.1 Å². The van der Waals surface area contributed by atoms with Gasteiger partial charge in [-0.05, 0) is 23.3 Å². The smallest absolute Gasteiger partial charge is 0.174 e. The summed E-state index contributed by atoms with van der Waals surface area (Å²) in [5.74, 6) is 0. The molecule has 0 heterocycles. The van der Waals surface area contributed by atoms with Gasteiger partial charge in [0.1, 0.15) is 0 Å². The van der Waals surface area contributed by atoms with Gasteiger partial charge in [-0.3, -0.25) is 0 Å². The van der Waals surface area contributed by atoms with Crippen LogP contribution in [-0.4, -0.2) is 13.5 Å². The van der Waals surface area contributed by atoms with Gasteiger partial charge in [0.05, 0.1) is 12.8 Å². The molecule has 2 rings (SSSR count). The first-order valence-corrected chi connectivity index (χ1v) is 5.11. The zero-order valence-corrected chi connectivity index (χ0v) is 9.13. The second-order valence-corrected chi connectivity index (χ2v) is 3.39. The average Bonchev–Trinajstić information content (AvgIpc) is 2.38. The van der Waals surface area contributed by atoms with E-state index in [9.17, 15) is 0 Å². The second kappa shape index (κ2) is 5.12. The van der Waals surface area contributed by atoms with Gasteiger partial charge < -0.3 is 4.74 Å². The average molecular weight is 211 g/mol. The predicted octanol–water partition coefficient (Wildman–Crippen LogP) is 3.66. The van der Waals surface area contributed by atoms with Crippen molar-refractivity contribution in [1.82, 2.24) is 0 Å². The van der Waals surface area contributed by atoms with Gasteiger partial charge in [0.25, 0.3) is 0 Å². The van der Waals surface area contributed by atoms with Crippen molar-refractivity contribution < 1.29 is 4.74 Å². The summed E-state index contributed by atoms with van der Waals surface area (Å²) in [6.45, 7) is 0. The second-order valence-electron chi connectivity index (χ2n) is 3.39. The van der Waals surface area contributed by atoms with Crippen molar-refractivity contribution >= 4 is 12.1 Å². The molecule has 16 heavy (non-hydrogen) atoms. The van der Waals surface area contributed by atoms with Crippen LogP contribution in [0.15, 0.2) is 59.6 Å². The number of nitrogens with zero attached hydrogens (tertiary/aromatic N) is 1. The lowest BCUT2D eigenvalue weighted by Crippen LogP contribution is -1.78. The van der Waals surface area contributed by atoms with E-state index in [4.69, 9.17) is 4.74 Å². The Balaban J connectivity index is 2.33. The fourth-order valence-electron chi connectivity index (χ4n) is 1.51. The summed E-state index contributed by atoms with van der Waals surface area (Å²) in [7, 11) is 1.59. The maximum atomic E-state index is 4.80. The molecule has 0 saturated carbocycles. The van der Waals surface area contributed by atoms with Crippen molar-refractivity contribution in [2.24, 2.45) is 4.99 Å². The highest BCUT2D eigenvalue weighted by Crippen LogP contribution is 2.23. The molecule has 0 saturated heterocycles. The summed E-state index contributed by atoms with van der Waals surface area (Å²) in [5.41, 5.74) is 3.24. The number of methoxy groups -OCH3 is 1. The number of hydrogen-bond donors (Lipinski definition) is 0. The first-order chi connectivity index (χ1) is 7.90. The van der Waals surface area contributed by atoms with E-state index in [1.165, 1.54) is 12.0 Å². The minimum atomic E-state index is 0.892. The van der Waals surface area contributed by atoms with Crippen LogP contribution in [0.4, 0.5) is 5.69 Å². The topological polar surface area (TPSA) is 21.6 Å². The number of benzene rings is 2. The van der Waals surface area contributed by atoms with Crippen LogP contribution < -0.4 is 0 Å². The SMILES string of the molecule is COC=Nc1cccc(-c2ccccc2)c1. The fraction of sp³-hybridized carbons (Fsp3) is 0.0714. The van der Waals surface area contributed by atoms with Gasteiger partial charge >= 0.3 is 0 Å². The van der Waals surface area contributed by atoms with Gasteiger partial charge in [-0.15, -0.1) is 0 Å². The summed E-state index contributed by atoms with van der Waals surface area (Å²) in [4.78, 5) is 4.16. The fourth-order valence-corrected chi connectivity index (χ4v) is 1.51. The lowest BCUT2D eigenvalue weighted by molar-refractivity contribution is 0.423.